The van der Waals surface area contributed by atoms with E-state index in [-0.39, 0.29) is 5.82 Å². The first-order valence-corrected chi connectivity index (χ1v) is 9.28. The van der Waals surface area contributed by atoms with Crippen LogP contribution in [0, 0.1) is 19.7 Å². The number of aromatic nitrogens is 1. The fourth-order valence-corrected chi connectivity index (χ4v) is 3.04. The Kier molecular flexibility index (Phi) is 6.12. The molecule has 0 aliphatic carbocycles. The molecule has 0 saturated heterocycles. The highest BCUT2D eigenvalue weighted by Gasteiger charge is 2.15. The van der Waals surface area contributed by atoms with Gasteiger partial charge in [-0.2, -0.15) is 0 Å². The SMILES string of the molecule is CCOC(=O)c1cc(C)ccc1Nc1cnc(-c2cc(OC)ccc2F)c(C)c1. The number of carbonyl (C=O) groups excluding carboxylic acids is 1. The van der Waals surface area contributed by atoms with E-state index in [1.807, 2.05) is 32.0 Å². The van der Waals surface area contributed by atoms with Crippen LogP contribution in [-0.2, 0) is 4.74 Å². The zero-order valence-electron chi connectivity index (χ0n) is 16.9. The van der Waals surface area contributed by atoms with Gasteiger partial charge in [0.1, 0.15) is 11.6 Å². The molecular formula is C23H23FN2O3. The second-order valence-electron chi connectivity index (χ2n) is 6.63. The predicted octanol–water partition coefficient (Wildman–Crippen LogP) is 5.43. The molecule has 150 valence electrons. The van der Waals surface area contributed by atoms with Gasteiger partial charge in [0.2, 0.25) is 0 Å². The van der Waals surface area contributed by atoms with Crippen molar-refractivity contribution in [1.29, 1.82) is 0 Å². The molecule has 0 unspecified atom stereocenters. The van der Waals surface area contributed by atoms with E-state index in [2.05, 4.69) is 10.3 Å². The van der Waals surface area contributed by atoms with Crippen molar-refractivity contribution in [2.75, 3.05) is 19.0 Å². The third kappa shape index (κ3) is 4.54. The number of aryl methyl sites for hydroxylation is 2. The van der Waals surface area contributed by atoms with Gasteiger partial charge in [-0.1, -0.05) is 11.6 Å². The third-order valence-electron chi connectivity index (χ3n) is 4.46. The minimum absolute atomic E-state index is 0.299. The summed E-state index contributed by atoms with van der Waals surface area (Å²) >= 11 is 0. The molecule has 5 nitrogen and oxygen atoms in total. The summed E-state index contributed by atoms with van der Waals surface area (Å²) in [7, 11) is 1.53. The van der Waals surface area contributed by atoms with Crippen molar-refractivity contribution < 1.29 is 18.7 Å². The minimum Gasteiger partial charge on any atom is -0.497 e. The van der Waals surface area contributed by atoms with Gasteiger partial charge in [-0.3, -0.25) is 4.98 Å². The topological polar surface area (TPSA) is 60.5 Å². The zero-order valence-corrected chi connectivity index (χ0v) is 16.9. The van der Waals surface area contributed by atoms with Gasteiger partial charge in [0.15, 0.2) is 0 Å². The Morgan fingerprint density at radius 3 is 2.62 bits per heavy atom. The van der Waals surface area contributed by atoms with Crippen molar-refractivity contribution in [2.45, 2.75) is 20.8 Å². The maximum Gasteiger partial charge on any atom is 0.340 e. The van der Waals surface area contributed by atoms with Gasteiger partial charge in [-0.05, 0) is 62.7 Å². The van der Waals surface area contributed by atoms with Crippen molar-refractivity contribution in [2.24, 2.45) is 0 Å². The van der Waals surface area contributed by atoms with Crippen molar-refractivity contribution >= 4 is 17.3 Å². The summed E-state index contributed by atoms with van der Waals surface area (Å²) in [6.07, 6.45) is 1.61. The monoisotopic (exact) mass is 394 g/mol. The molecule has 0 saturated carbocycles. The van der Waals surface area contributed by atoms with E-state index in [4.69, 9.17) is 9.47 Å². The Balaban J connectivity index is 1.94. The average molecular weight is 394 g/mol. The second-order valence-corrected chi connectivity index (χ2v) is 6.63. The van der Waals surface area contributed by atoms with Crippen molar-refractivity contribution in [3.8, 4) is 17.0 Å². The first kappa shape index (κ1) is 20.3. The van der Waals surface area contributed by atoms with Crippen LogP contribution in [0.1, 0.15) is 28.4 Å². The molecule has 29 heavy (non-hydrogen) atoms. The molecule has 3 aromatic rings. The van der Waals surface area contributed by atoms with E-state index in [0.717, 1.165) is 11.1 Å². The molecule has 1 N–H and O–H groups in total. The van der Waals surface area contributed by atoms with E-state index < -0.39 is 5.97 Å². The summed E-state index contributed by atoms with van der Waals surface area (Å²) in [4.78, 5) is 16.7. The number of hydrogen-bond donors (Lipinski definition) is 1. The number of anilines is 2. The van der Waals surface area contributed by atoms with Crippen LogP contribution in [0.15, 0.2) is 48.7 Å². The number of rotatable bonds is 6. The van der Waals surface area contributed by atoms with Crippen molar-refractivity contribution in [3.63, 3.8) is 0 Å². The maximum absolute atomic E-state index is 14.3. The Morgan fingerprint density at radius 2 is 1.93 bits per heavy atom. The Bertz CT molecular complexity index is 1050. The summed E-state index contributed by atoms with van der Waals surface area (Å²) < 4.78 is 24.6. The minimum atomic E-state index is -0.390. The predicted molar refractivity (Wildman–Crippen MR) is 111 cm³/mol. The smallest absolute Gasteiger partial charge is 0.340 e. The maximum atomic E-state index is 14.3. The molecule has 0 amide bonds. The molecular weight excluding hydrogens is 371 g/mol. The lowest BCUT2D eigenvalue weighted by Gasteiger charge is -2.14. The van der Waals surface area contributed by atoms with Gasteiger partial charge in [-0.15, -0.1) is 0 Å². The highest BCUT2D eigenvalue weighted by molar-refractivity contribution is 5.96. The number of nitrogens with one attached hydrogen (secondary N) is 1. The molecule has 6 heteroatoms. The van der Waals surface area contributed by atoms with Crippen LogP contribution in [-0.4, -0.2) is 24.7 Å². The lowest BCUT2D eigenvalue weighted by atomic mass is 10.0. The van der Waals surface area contributed by atoms with Crippen LogP contribution < -0.4 is 10.1 Å². The van der Waals surface area contributed by atoms with E-state index in [9.17, 15) is 9.18 Å². The molecule has 1 aromatic heterocycles. The van der Waals surface area contributed by atoms with Gasteiger partial charge in [0.05, 0.1) is 42.5 Å². The first-order chi connectivity index (χ1) is 13.9. The Morgan fingerprint density at radius 1 is 1.14 bits per heavy atom. The highest BCUT2D eigenvalue weighted by atomic mass is 19.1. The van der Waals surface area contributed by atoms with Gasteiger partial charge in [0, 0.05) is 5.56 Å². The second kappa shape index (κ2) is 8.73. The molecule has 0 fully saturated rings. The molecule has 0 aliphatic rings. The number of nitrogens with zero attached hydrogens (tertiary/aromatic N) is 1. The number of methoxy groups -OCH3 is 1. The molecule has 2 aromatic carbocycles. The van der Waals surface area contributed by atoms with Crippen LogP contribution >= 0.6 is 0 Å². The van der Waals surface area contributed by atoms with Crippen molar-refractivity contribution in [3.05, 3.63) is 71.2 Å². The van der Waals surface area contributed by atoms with Crippen molar-refractivity contribution in [1.82, 2.24) is 4.98 Å². The standard InChI is InChI=1S/C23H23FN2O3/c1-5-29-23(27)19-10-14(2)6-9-21(19)26-16-11-15(3)22(25-13-16)18-12-17(28-4)7-8-20(18)24/h6-13,26H,5H2,1-4H3. The fourth-order valence-electron chi connectivity index (χ4n) is 3.04. The molecule has 0 aliphatic heterocycles. The summed E-state index contributed by atoms with van der Waals surface area (Å²) in [5, 5.41) is 3.21. The van der Waals surface area contributed by atoms with E-state index in [0.29, 0.717) is 40.6 Å². The first-order valence-electron chi connectivity index (χ1n) is 9.28. The molecule has 0 spiro atoms. The van der Waals surface area contributed by atoms with Gasteiger partial charge in [-0.25, -0.2) is 9.18 Å². The number of benzene rings is 2. The summed E-state index contributed by atoms with van der Waals surface area (Å²) in [6.45, 7) is 5.84. The fraction of sp³-hybridized carbons (Fsp3) is 0.217. The zero-order chi connectivity index (χ0) is 21.0. The quantitative estimate of drug-likeness (QED) is 0.565. The number of ether oxygens (including phenoxy) is 2. The number of halogens is 1. The van der Waals surface area contributed by atoms with E-state index in [1.54, 1.807) is 31.3 Å². The summed E-state index contributed by atoms with van der Waals surface area (Å²) in [6, 6.07) is 11.9. The number of esters is 1. The third-order valence-corrected chi connectivity index (χ3v) is 4.46. The van der Waals surface area contributed by atoms with Crippen LogP contribution in [0.25, 0.3) is 11.3 Å². The summed E-state index contributed by atoms with van der Waals surface area (Å²) in [5.74, 6) is -0.202. The van der Waals surface area contributed by atoms with Crippen LogP contribution in [0.2, 0.25) is 0 Å². The highest BCUT2D eigenvalue weighted by Crippen LogP contribution is 2.30. The largest absolute Gasteiger partial charge is 0.497 e. The Hall–Kier alpha value is -3.41. The van der Waals surface area contributed by atoms with E-state index in [1.165, 1.54) is 13.2 Å². The number of hydrogen-bond acceptors (Lipinski definition) is 5. The molecule has 0 bridgehead atoms. The van der Waals surface area contributed by atoms with Gasteiger partial charge in [0.25, 0.3) is 0 Å². The lowest BCUT2D eigenvalue weighted by Crippen LogP contribution is -2.08. The number of pyridine rings is 1. The summed E-state index contributed by atoms with van der Waals surface area (Å²) in [5.41, 5.74) is 4.40. The van der Waals surface area contributed by atoms with Crippen LogP contribution in [0.5, 0.6) is 5.75 Å². The molecule has 3 rings (SSSR count). The van der Waals surface area contributed by atoms with Crippen LogP contribution in [0.3, 0.4) is 0 Å². The molecule has 0 radical (unpaired) electrons. The molecule has 1 heterocycles. The lowest BCUT2D eigenvalue weighted by molar-refractivity contribution is 0.0527. The normalized spacial score (nSPS) is 10.5. The van der Waals surface area contributed by atoms with Gasteiger partial charge < -0.3 is 14.8 Å². The van der Waals surface area contributed by atoms with Gasteiger partial charge >= 0.3 is 5.97 Å². The Labute approximate surface area is 169 Å². The van der Waals surface area contributed by atoms with E-state index >= 15 is 0 Å². The number of carbonyl (C=O) groups is 1. The average Bonchev–Trinajstić information content (AvgIpc) is 2.70. The van der Waals surface area contributed by atoms with Crippen LogP contribution in [0.4, 0.5) is 15.8 Å². The molecule has 0 atom stereocenters.